The molecule has 2 heterocycles. The average Bonchev–Trinajstić information content (AvgIpc) is 3.34. The van der Waals surface area contributed by atoms with Crippen molar-refractivity contribution in [3.63, 3.8) is 0 Å². The van der Waals surface area contributed by atoms with E-state index in [1.54, 1.807) is 7.05 Å². The van der Waals surface area contributed by atoms with E-state index in [1.165, 1.54) is 11.1 Å². The topological polar surface area (TPSA) is 64.1 Å². The molecule has 3 rings (SSSR count). The Morgan fingerprint density at radius 2 is 2.15 bits per heavy atom. The van der Waals surface area contributed by atoms with Gasteiger partial charge in [-0.15, -0.1) is 24.0 Å². The summed E-state index contributed by atoms with van der Waals surface area (Å²) >= 11 is 0. The van der Waals surface area contributed by atoms with E-state index in [-0.39, 0.29) is 24.0 Å². The Balaban J connectivity index is 0.00000261. The number of aliphatic imine (C=N–C) groups is 1. The van der Waals surface area contributed by atoms with Gasteiger partial charge in [-0.2, -0.15) is 0 Å². The Morgan fingerprint density at radius 1 is 1.26 bits per heavy atom. The SMILES string of the molecule is CN=C(NCCCOCC1CCOC1)NCCc1ccc2c(c1)CCO2.I. The molecular formula is C20H32IN3O3. The van der Waals surface area contributed by atoms with Crippen molar-refractivity contribution in [2.24, 2.45) is 10.9 Å². The van der Waals surface area contributed by atoms with Crippen LogP contribution in [-0.2, 0) is 22.3 Å². The third-order valence-corrected chi connectivity index (χ3v) is 4.82. The average molecular weight is 489 g/mol. The number of benzene rings is 1. The van der Waals surface area contributed by atoms with E-state index in [9.17, 15) is 0 Å². The van der Waals surface area contributed by atoms with Crippen molar-refractivity contribution in [3.05, 3.63) is 29.3 Å². The summed E-state index contributed by atoms with van der Waals surface area (Å²) in [6.07, 6.45) is 4.10. The Morgan fingerprint density at radius 3 is 2.96 bits per heavy atom. The first-order valence-corrected chi connectivity index (χ1v) is 9.70. The Bertz CT molecular complexity index is 592. The number of nitrogens with one attached hydrogen (secondary N) is 2. The second kappa shape index (κ2) is 12.4. The molecule has 2 aliphatic heterocycles. The number of halogens is 1. The highest BCUT2D eigenvalue weighted by atomic mass is 127. The maximum absolute atomic E-state index is 5.72. The molecule has 1 aromatic carbocycles. The van der Waals surface area contributed by atoms with Crippen molar-refractivity contribution >= 4 is 29.9 Å². The molecule has 1 aromatic rings. The number of fused-ring (bicyclic) bond motifs is 1. The van der Waals surface area contributed by atoms with Gasteiger partial charge >= 0.3 is 0 Å². The molecule has 1 saturated heterocycles. The fourth-order valence-electron chi connectivity index (χ4n) is 3.29. The second-order valence-corrected chi connectivity index (χ2v) is 6.87. The summed E-state index contributed by atoms with van der Waals surface area (Å²) in [7, 11) is 1.80. The molecule has 1 fully saturated rings. The van der Waals surface area contributed by atoms with Crippen LogP contribution in [-0.4, -0.2) is 59.1 Å². The lowest BCUT2D eigenvalue weighted by atomic mass is 10.1. The lowest BCUT2D eigenvalue weighted by molar-refractivity contribution is 0.0888. The molecule has 1 atom stereocenters. The van der Waals surface area contributed by atoms with Crippen LogP contribution in [0, 0.1) is 5.92 Å². The van der Waals surface area contributed by atoms with E-state index < -0.39 is 0 Å². The second-order valence-electron chi connectivity index (χ2n) is 6.87. The molecule has 152 valence electrons. The molecule has 2 aliphatic rings. The number of ether oxygens (including phenoxy) is 3. The van der Waals surface area contributed by atoms with E-state index in [1.807, 2.05) is 0 Å². The zero-order valence-electron chi connectivity index (χ0n) is 16.2. The normalized spacial score (nSPS) is 18.6. The summed E-state index contributed by atoms with van der Waals surface area (Å²) < 4.78 is 16.6. The first kappa shape index (κ1) is 22.2. The summed E-state index contributed by atoms with van der Waals surface area (Å²) in [5.74, 6) is 2.48. The Hall–Kier alpha value is -1.06. The number of hydrogen-bond acceptors (Lipinski definition) is 4. The van der Waals surface area contributed by atoms with Gasteiger partial charge in [0.25, 0.3) is 0 Å². The van der Waals surface area contributed by atoms with E-state index in [0.29, 0.717) is 5.92 Å². The molecule has 6 nitrogen and oxygen atoms in total. The highest BCUT2D eigenvalue weighted by Gasteiger charge is 2.15. The molecule has 0 radical (unpaired) electrons. The molecule has 0 amide bonds. The predicted octanol–water partition coefficient (Wildman–Crippen LogP) is 2.39. The molecular weight excluding hydrogens is 457 g/mol. The highest BCUT2D eigenvalue weighted by molar-refractivity contribution is 14.0. The molecule has 0 saturated carbocycles. The largest absolute Gasteiger partial charge is 0.493 e. The quantitative estimate of drug-likeness (QED) is 0.242. The van der Waals surface area contributed by atoms with Crippen LogP contribution in [0.1, 0.15) is 24.0 Å². The molecule has 1 unspecified atom stereocenters. The highest BCUT2D eigenvalue weighted by Crippen LogP contribution is 2.25. The van der Waals surface area contributed by atoms with Gasteiger partial charge in [0, 0.05) is 45.7 Å². The van der Waals surface area contributed by atoms with Crippen LogP contribution in [0.5, 0.6) is 5.75 Å². The first-order chi connectivity index (χ1) is 12.8. The van der Waals surface area contributed by atoms with Gasteiger partial charge in [0.05, 0.1) is 19.8 Å². The molecule has 0 aliphatic carbocycles. The standard InChI is InChI=1S/C20H31N3O3.HI/c1-21-20(22-8-2-10-24-14-17-6-11-25-15-17)23-9-5-16-3-4-19-18(13-16)7-12-26-19;/h3-4,13,17H,2,5-12,14-15H2,1H3,(H2,21,22,23);1H. The predicted molar refractivity (Wildman–Crippen MR) is 118 cm³/mol. The number of hydrogen-bond donors (Lipinski definition) is 2. The lowest BCUT2D eigenvalue weighted by Gasteiger charge is -2.13. The Labute approximate surface area is 179 Å². The van der Waals surface area contributed by atoms with Gasteiger partial charge in [0.2, 0.25) is 0 Å². The fraction of sp³-hybridized carbons (Fsp3) is 0.650. The maximum Gasteiger partial charge on any atom is 0.190 e. The molecule has 27 heavy (non-hydrogen) atoms. The van der Waals surface area contributed by atoms with Crippen molar-refractivity contribution in [2.45, 2.75) is 25.7 Å². The van der Waals surface area contributed by atoms with Gasteiger partial charge in [0.15, 0.2) is 5.96 Å². The zero-order chi connectivity index (χ0) is 18.0. The third-order valence-electron chi connectivity index (χ3n) is 4.82. The van der Waals surface area contributed by atoms with Gasteiger partial charge in [-0.25, -0.2) is 0 Å². The van der Waals surface area contributed by atoms with Crippen LogP contribution >= 0.6 is 24.0 Å². The summed E-state index contributed by atoms with van der Waals surface area (Å²) in [5.41, 5.74) is 2.66. The zero-order valence-corrected chi connectivity index (χ0v) is 18.5. The van der Waals surface area contributed by atoms with Crippen molar-refractivity contribution < 1.29 is 14.2 Å². The van der Waals surface area contributed by atoms with Crippen molar-refractivity contribution in [3.8, 4) is 5.75 Å². The van der Waals surface area contributed by atoms with Crippen LogP contribution in [0.2, 0.25) is 0 Å². The van der Waals surface area contributed by atoms with Crippen LogP contribution in [0.15, 0.2) is 23.2 Å². The van der Waals surface area contributed by atoms with E-state index in [4.69, 9.17) is 14.2 Å². The third kappa shape index (κ3) is 7.46. The van der Waals surface area contributed by atoms with Crippen molar-refractivity contribution in [1.29, 1.82) is 0 Å². The van der Waals surface area contributed by atoms with Gasteiger partial charge in [-0.3, -0.25) is 4.99 Å². The monoisotopic (exact) mass is 489 g/mol. The van der Waals surface area contributed by atoms with Gasteiger partial charge in [0.1, 0.15) is 5.75 Å². The summed E-state index contributed by atoms with van der Waals surface area (Å²) in [4.78, 5) is 4.27. The van der Waals surface area contributed by atoms with Crippen LogP contribution in [0.25, 0.3) is 0 Å². The molecule has 7 heteroatoms. The summed E-state index contributed by atoms with van der Waals surface area (Å²) in [5, 5.41) is 6.71. The van der Waals surface area contributed by atoms with Crippen LogP contribution < -0.4 is 15.4 Å². The summed E-state index contributed by atoms with van der Waals surface area (Å²) in [6.45, 7) is 5.86. The fourth-order valence-corrected chi connectivity index (χ4v) is 3.29. The van der Waals surface area contributed by atoms with Crippen LogP contribution in [0.3, 0.4) is 0 Å². The first-order valence-electron chi connectivity index (χ1n) is 9.70. The lowest BCUT2D eigenvalue weighted by Crippen LogP contribution is -2.39. The number of nitrogens with zero attached hydrogens (tertiary/aromatic N) is 1. The minimum Gasteiger partial charge on any atom is -0.493 e. The number of guanidine groups is 1. The van der Waals surface area contributed by atoms with E-state index in [0.717, 1.165) is 83.5 Å². The molecule has 2 N–H and O–H groups in total. The maximum atomic E-state index is 5.72. The van der Waals surface area contributed by atoms with Gasteiger partial charge < -0.3 is 24.8 Å². The van der Waals surface area contributed by atoms with Crippen LogP contribution in [0.4, 0.5) is 0 Å². The summed E-state index contributed by atoms with van der Waals surface area (Å²) in [6, 6.07) is 6.49. The Kier molecular flexibility index (Phi) is 10.2. The van der Waals surface area contributed by atoms with Gasteiger partial charge in [-0.05, 0) is 36.5 Å². The van der Waals surface area contributed by atoms with Gasteiger partial charge in [-0.1, -0.05) is 12.1 Å². The number of rotatable bonds is 9. The van der Waals surface area contributed by atoms with Crippen molar-refractivity contribution in [2.75, 3.05) is 53.2 Å². The molecule has 0 spiro atoms. The smallest absolute Gasteiger partial charge is 0.190 e. The molecule has 0 aromatic heterocycles. The minimum atomic E-state index is 0. The van der Waals surface area contributed by atoms with Crippen molar-refractivity contribution in [1.82, 2.24) is 10.6 Å². The van der Waals surface area contributed by atoms with E-state index in [2.05, 4.69) is 33.8 Å². The molecule has 0 bridgehead atoms. The minimum absolute atomic E-state index is 0. The van der Waals surface area contributed by atoms with E-state index >= 15 is 0 Å².